The molecule has 2 aliphatic rings. The molecule has 130 valence electrons. The molecule has 2 saturated heterocycles. The van der Waals surface area contributed by atoms with Crippen LogP contribution in [0.1, 0.15) is 44.4 Å². The molecule has 0 aliphatic carbocycles. The van der Waals surface area contributed by atoms with Gasteiger partial charge in [0.05, 0.1) is 12.3 Å². The molecule has 7 heteroatoms. The van der Waals surface area contributed by atoms with Crippen molar-refractivity contribution in [3.63, 3.8) is 0 Å². The predicted molar refractivity (Wildman–Crippen MR) is 89.1 cm³/mol. The number of likely N-dealkylation sites (tertiary alicyclic amines) is 1. The van der Waals surface area contributed by atoms with Crippen LogP contribution < -0.4 is 4.72 Å². The molecule has 2 fully saturated rings. The van der Waals surface area contributed by atoms with Crippen LogP contribution in [-0.2, 0) is 10.2 Å². The largest absolute Gasteiger partial charge is 0.468 e. The third-order valence-electron chi connectivity index (χ3n) is 4.87. The molecule has 0 amide bonds. The number of hydrogen-bond acceptors (Lipinski definition) is 4. The van der Waals surface area contributed by atoms with E-state index in [1.807, 2.05) is 12.1 Å². The van der Waals surface area contributed by atoms with Gasteiger partial charge in [-0.15, -0.1) is 0 Å². The Labute approximate surface area is 139 Å². The molecule has 2 unspecified atom stereocenters. The van der Waals surface area contributed by atoms with Crippen LogP contribution in [0.2, 0.25) is 0 Å². The Bertz CT molecular complexity index is 582. The van der Waals surface area contributed by atoms with E-state index < -0.39 is 10.2 Å². The van der Waals surface area contributed by atoms with E-state index >= 15 is 0 Å². The fourth-order valence-electron chi connectivity index (χ4n) is 3.58. The molecule has 1 aromatic heterocycles. The normalized spacial score (nSPS) is 25.7. The van der Waals surface area contributed by atoms with Crippen molar-refractivity contribution in [2.45, 2.75) is 38.6 Å². The zero-order valence-corrected chi connectivity index (χ0v) is 14.6. The van der Waals surface area contributed by atoms with Crippen molar-refractivity contribution < 1.29 is 12.8 Å². The number of rotatable bonds is 6. The van der Waals surface area contributed by atoms with Gasteiger partial charge in [-0.25, -0.2) is 4.72 Å². The minimum absolute atomic E-state index is 0.0236. The SMILES string of the molecule is CC1CCCN(S(=O)(=O)NCC(c2ccco2)N2CCCC2)C1. The summed E-state index contributed by atoms with van der Waals surface area (Å²) < 4.78 is 35.1. The maximum absolute atomic E-state index is 12.6. The highest BCUT2D eigenvalue weighted by molar-refractivity contribution is 7.87. The highest BCUT2D eigenvalue weighted by Crippen LogP contribution is 2.25. The summed E-state index contributed by atoms with van der Waals surface area (Å²) in [6.45, 7) is 5.69. The van der Waals surface area contributed by atoms with Crippen molar-refractivity contribution in [2.24, 2.45) is 5.92 Å². The van der Waals surface area contributed by atoms with Crippen molar-refractivity contribution in [1.29, 1.82) is 0 Å². The molecular formula is C16H27N3O3S. The van der Waals surface area contributed by atoms with E-state index in [9.17, 15) is 8.42 Å². The summed E-state index contributed by atoms with van der Waals surface area (Å²) >= 11 is 0. The summed E-state index contributed by atoms with van der Waals surface area (Å²) in [4.78, 5) is 2.31. The van der Waals surface area contributed by atoms with Gasteiger partial charge in [0.1, 0.15) is 5.76 Å². The van der Waals surface area contributed by atoms with E-state index in [0.717, 1.165) is 44.5 Å². The van der Waals surface area contributed by atoms with Crippen molar-refractivity contribution in [1.82, 2.24) is 13.9 Å². The van der Waals surface area contributed by atoms with Gasteiger partial charge >= 0.3 is 0 Å². The summed E-state index contributed by atoms with van der Waals surface area (Å²) in [5.41, 5.74) is 0. The smallest absolute Gasteiger partial charge is 0.279 e. The lowest BCUT2D eigenvalue weighted by Gasteiger charge is -2.31. The molecule has 0 saturated carbocycles. The van der Waals surface area contributed by atoms with E-state index in [4.69, 9.17) is 4.42 Å². The molecule has 23 heavy (non-hydrogen) atoms. The molecule has 2 aliphatic heterocycles. The average Bonchev–Trinajstić information content (AvgIpc) is 3.21. The molecular weight excluding hydrogens is 314 g/mol. The fraction of sp³-hybridized carbons (Fsp3) is 0.750. The van der Waals surface area contributed by atoms with Crippen LogP contribution in [-0.4, -0.2) is 50.3 Å². The second-order valence-electron chi connectivity index (χ2n) is 6.73. The molecule has 1 aromatic rings. The molecule has 3 rings (SSSR count). The van der Waals surface area contributed by atoms with Gasteiger partial charge < -0.3 is 4.42 Å². The second kappa shape index (κ2) is 7.34. The number of nitrogens with one attached hydrogen (secondary N) is 1. The van der Waals surface area contributed by atoms with E-state index in [2.05, 4.69) is 16.5 Å². The number of hydrogen-bond donors (Lipinski definition) is 1. The van der Waals surface area contributed by atoms with E-state index in [0.29, 0.717) is 25.6 Å². The standard InChI is InChI=1S/C16H27N3O3S/c1-14-6-4-10-19(13-14)23(20,21)17-12-15(16-7-5-11-22-16)18-8-2-3-9-18/h5,7,11,14-15,17H,2-4,6,8-10,12-13H2,1H3. The van der Waals surface area contributed by atoms with E-state index in [1.165, 1.54) is 0 Å². The van der Waals surface area contributed by atoms with Gasteiger partial charge in [0, 0.05) is 19.6 Å². The van der Waals surface area contributed by atoms with Crippen LogP contribution in [0.4, 0.5) is 0 Å². The highest BCUT2D eigenvalue weighted by atomic mass is 32.2. The first-order valence-electron chi connectivity index (χ1n) is 8.58. The Morgan fingerprint density at radius 1 is 1.30 bits per heavy atom. The quantitative estimate of drug-likeness (QED) is 0.859. The lowest BCUT2D eigenvalue weighted by Crippen LogP contribution is -2.47. The Balaban J connectivity index is 1.66. The van der Waals surface area contributed by atoms with Crippen LogP contribution in [0.25, 0.3) is 0 Å². The van der Waals surface area contributed by atoms with Crippen molar-refractivity contribution in [3.05, 3.63) is 24.2 Å². The summed E-state index contributed by atoms with van der Waals surface area (Å²) in [6, 6.07) is 3.77. The topological polar surface area (TPSA) is 65.8 Å². The van der Waals surface area contributed by atoms with Gasteiger partial charge in [-0.3, -0.25) is 4.90 Å². The minimum Gasteiger partial charge on any atom is -0.468 e. The third kappa shape index (κ3) is 4.15. The Morgan fingerprint density at radius 2 is 2.09 bits per heavy atom. The molecule has 3 heterocycles. The lowest BCUT2D eigenvalue weighted by atomic mass is 10.0. The molecule has 2 atom stereocenters. The molecule has 0 spiro atoms. The molecule has 0 radical (unpaired) electrons. The first kappa shape index (κ1) is 17.0. The lowest BCUT2D eigenvalue weighted by molar-refractivity contribution is 0.214. The highest BCUT2D eigenvalue weighted by Gasteiger charge is 2.30. The van der Waals surface area contributed by atoms with Crippen LogP contribution in [0.15, 0.2) is 22.8 Å². The van der Waals surface area contributed by atoms with Gasteiger partial charge in [0.2, 0.25) is 0 Å². The van der Waals surface area contributed by atoms with Gasteiger partial charge in [-0.05, 0) is 56.8 Å². The summed E-state index contributed by atoms with van der Waals surface area (Å²) in [6.07, 6.45) is 6.02. The van der Waals surface area contributed by atoms with Gasteiger partial charge in [0.25, 0.3) is 10.2 Å². The Hall–Kier alpha value is -0.890. The van der Waals surface area contributed by atoms with Crippen molar-refractivity contribution >= 4 is 10.2 Å². The predicted octanol–water partition coefficient (Wildman–Crippen LogP) is 1.98. The zero-order chi connectivity index (χ0) is 16.3. The van der Waals surface area contributed by atoms with Crippen molar-refractivity contribution in [2.75, 3.05) is 32.7 Å². The summed E-state index contributed by atoms with van der Waals surface area (Å²) in [7, 11) is -3.42. The fourth-order valence-corrected chi connectivity index (χ4v) is 4.96. The maximum Gasteiger partial charge on any atom is 0.279 e. The van der Waals surface area contributed by atoms with Gasteiger partial charge in [-0.2, -0.15) is 12.7 Å². The minimum atomic E-state index is -3.42. The van der Waals surface area contributed by atoms with Gasteiger partial charge in [-0.1, -0.05) is 6.92 Å². The zero-order valence-electron chi connectivity index (χ0n) is 13.8. The van der Waals surface area contributed by atoms with Crippen molar-refractivity contribution in [3.8, 4) is 0 Å². The van der Waals surface area contributed by atoms with Crippen LogP contribution in [0.5, 0.6) is 0 Å². The van der Waals surface area contributed by atoms with E-state index in [-0.39, 0.29) is 6.04 Å². The first-order valence-corrected chi connectivity index (χ1v) is 10.0. The number of nitrogens with zero attached hydrogens (tertiary/aromatic N) is 2. The third-order valence-corrected chi connectivity index (χ3v) is 6.41. The molecule has 1 N–H and O–H groups in total. The summed E-state index contributed by atoms with van der Waals surface area (Å²) in [5, 5.41) is 0. The number of furan rings is 1. The first-order chi connectivity index (χ1) is 11.1. The Kier molecular flexibility index (Phi) is 5.41. The van der Waals surface area contributed by atoms with Gasteiger partial charge in [0.15, 0.2) is 0 Å². The molecule has 6 nitrogen and oxygen atoms in total. The molecule has 0 bridgehead atoms. The van der Waals surface area contributed by atoms with Crippen LogP contribution in [0, 0.1) is 5.92 Å². The summed E-state index contributed by atoms with van der Waals surface area (Å²) in [5.74, 6) is 1.27. The Morgan fingerprint density at radius 3 is 2.74 bits per heavy atom. The molecule has 0 aromatic carbocycles. The second-order valence-corrected chi connectivity index (χ2v) is 8.49. The number of piperidine rings is 1. The maximum atomic E-state index is 12.6. The average molecular weight is 341 g/mol. The monoisotopic (exact) mass is 341 g/mol. The van der Waals surface area contributed by atoms with Crippen LogP contribution in [0.3, 0.4) is 0 Å². The van der Waals surface area contributed by atoms with E-state index in [1.54, 1.807) is 10.6 Å². The van der Waals surface area contributed by atoms with Crippen LogP contribution >= 0.6 is 0 Å².